The molecule has 10 heteroatoms. The molecule has 0 fully saturated rings. The number of benzene rings is 3. The molecule has 0 spiro atoms. The summed E-state index contributed by atoms with van der Waals surface area (Å²) in [6, 6.07) is 20.7. The maximum absolute atomic E-state index is 14.1. The third kappa shape index (κ3) is 9.08. The summed E-state index contributed by atoms with van der Waals surface area (Å²) in [7, 11) is -3.83. The van der Waals surface area contributed by atoms with E-state index in [0.717, 1.165) is 31.7 Å². The molecule has 3 aromatic carbocycles. The summed E-state index contributed by atoms with van der Waals surface area (Å²) in [6.07, 6.45) is 1.32. The monoisotopic (exact) mass is 647 g/mol. The number of sulfonamides is 1. The highest BCUT2D eigenvalue weighted by Crippen LogP contribution is 2.25. The van der Waals surface area contributed by atoms with Crippen molar-refractivity contribution in [3.63, 3.8) is 0 Å². The number of hydrogen-bond donors (Lipinski definition) is 1. The van der Waals surface area contributed by atoms with Crippen LogP contribution in [0.5, 0.6) is 0 Å². The molecule has 0 aromatic heterocycles. The number of nitrogens with one attached hydrogen (secondary N) is 1. The maximum Gasteiger partial charge on any atom is 0.244 e. The number of amides is 2. The second-order valence-electron chi connectivity index (χ2n) is 10.2. The van der Waals surface area contributed by atoms with Crippen LogP contribution in [0.15, 0.2) is 77.3 Å². The highest BCUT2D eigenvalue weighted by Gasteiger charge is 2.33. The van der Waals surface area contributed by atoms with E-state index in [9.17, 15) is 18.0 Å². The number of nitrogens with zero attached hydrogens (tertiary/aromatic N) is 2. The second kappa shape index (κ2) is 14.1. The van der Waals surface area contributed by atoms with Gasteiger partial charge < -0.3 is 10.2 Å². The molecule has 0 radical (unpaired) electrons. The molecule has 40 heavy (non-hydrogen) atoms. The zero-order chi connectivity index (χ0) is 29.4. The van der Waals surface area contributed by atoms with Gasteiger partial charge in [-0.15, -0.1) is 0 Å². The Hall–Kier alpha value is -2.88. The first-order chi connectivity index (χ1) is 18.8. The molecule has 0 aliphatic carbocycles. The van der Waals surface area contributed by atoms with Gasteiger partial charge in [-0.05, 0) is 59.9 Å². The summed E-state index contributed by atoms with van der Waals surface area (Å²) in [5.41, 5.74) is 2.79. The van der Waals surface area contributed by atoms with Crippen LogP contribution in [-0.2, 0) is 32.6 Å². The van der Waals surface area contributed by atoms with Gasteiger partial charge in [0.05, 0.1) is 11.9 Å². The predicted octanol–water partition coefficient (Wildman–Crippen LogP) is 5.59. The number of aryl methyl sites for hydroxylation is 1. The Kier molecular flexibility index (Phi) is 11.2. The van der Waals surface area contributed by atoms with Crippen LogP contribution < -0.4 is 9.62 Å². The normalized spacial score (nSPS) is 12.2. The largest absolute Gasteiger partial charge is 0.354 e. The van der Waals surface area contributed by atoms with Crippen LogP contribution in [0, 0.1) is 12.8 Å². The molecule has 1 N–H and O–H groups in total. The van der Waals surface area contributed by atoms with E-state index in [0.29, 0.717) is 17.3 Å². The summed E-state index contributed by atoms with van der Waals surface area (Å²) in [5, 5.41) is 3.47. The third-order valence-corrected chi connectivity index (χ3v) is 8.57. The van der Waals surface area contributed by atoms with Gasteiger partial charge in [0.1, 0.15) is 12.6 Å². The number of carbonyl (C=O) groups is 2. The third-order valence-electron chi connectivity index (χ3n) is 6.31. The molecule has 0 saturated heterocycles. The van der Waals surface area contributed by atoms with E-state index in [2.05, 4.69) is 21.2 Å². The Morgan fingerprint density at radius 1 is 0.975 bits per heavy atom. The van der Waals surface area contributed by atoms with Crippen LogP contribution in [0.1, 0.15) is 30.5 Å². The fourth-order valence-corrected chi connectivity index (χ4v) is 5.51. The standard InChI is InChI=1S/C30H35BrClN3O4S/c1-21(2)18-33-30(37)28(17-23-9-6-5-7-10-23)34(19-24-11-8-12-25(32)16-24)29(36)20-35(40(4,38)39)26-13-14-27(31)22(3)15-26/h5-16,21,28H,17-20H2,1-4H3,(H,33,37)/t28-/m1/s1. The average Bonchev–Trinajstić information content (AvgIpc) is 2.89. The lowest BCUT2D eigenvalue weighted by atomic mass is 10.0. The smallest absolute Gasteiger partial charge is 0.244 e. The second-order valence-corrected chi connectivity index (χ2v) is 13.4. The maximum atomic E-state index is 14.1. The van der Waals surface area contributed by atoms with E-state index in [1.54, 1.807) is 36.4 Å². The summed E-state index contributed by atoms with van der Waals surface area (Å²) in [4.78, 5) is 29.2. The van der Waals surface area contributed by atoms with E-state index >= 15 is 0 Å². The zero-order valence-corrected chi connectivity index (χ0v) is 26.3. The molecule has 0 unspecified atom stereocenters. The van der Waals surface area contributed by atoms with Crippen molar-refractivity contribution in [1.29, 1.82) is 0 Å². The molecular formula is C30H35BrClN3O4S. The minimum absolute atomic E-state index is 0.0724. The number of hydrogen-bond acceptors (Lipinski definition) is 4. The van der Waals surface area contributed by atoms with Gasteiger partial charge in [0.2, 0.25) is 21.8 Å². The predicted molar refractivity (Wildman–Crippen MR) is 165 cm³/mol. The molecule has 3 aromatic rings. The van der Waals surface area contributed by atoms with E-state index in [1.165, 1.54) is 4.90 Å². The quantitative estimate of drug-likeness (QED) is 0.278. The van der Waals surface area contributed by atoms with Gasteiger partial charge in [0, 0.05) is 29.0 Å². The minimum Gasteiger partial charge on any atom is -0.354 e. The first-order valence-corrected chi connectivity index (χ1v) is 16.0. The fraction of sp³-hybridized carbons (Fsp3) is 0.333. The van der Waals surface area contributed by atoms with Crippen molar-refractivity contribution in [3.8, 4) is 0 Å². The average molecular weight is 649 g/mol. The Morgan fingerprint density at radius 3 is 2.25 bits per heavy atom. The first kappa shape index (κ1) is 31.6. The molecule has 0 aliphatic rings. The van der Waals surface area contributed by atoms with Gasteiger partial charge in [-0.25, -0.2) is 8.42 Å². The van der Waals surface area contributed by atoms with Crippen LogP contribution in [0.2, 0.25) is 5.02 Å². The molecule has 0 bridgehead atoms. The molecule has 3 rings (SSSR count). The Labute approximate surface area is 250 Å². The molecular weight excluding hydrogens is 614 g/mol. The van der Waals surface area contributed by atoms with Crippen LogP contribution in [0.3, 0.4) is 0 Å². The first-order valence-electron chi connectivity index (χ1n) is 12.9. The SMILES string of the molecule is Cc1cc(N(CC(=O)N(Cc2cccc(Cl)c2)[C@H](Cc2ccccc2)C(=O)NCC(C)C)S(C)(=O)=O)ccc1Br. The highest BCUT2D eigenvalue weighted by atomic mass is 79.9. The van der Waals surface area contributed by atoms with Gasteiger partial charge >= 0.3 is 0 Å². The fourth-order valence-electron chi connectivity index (χ4n) is 4.21. The van der Waals surface area contributed by atoms with Crippen molar-refractivity contribution in [2.45, 2.75) is 39.8 Å². The van der Waals surface area contributed by atoms with Gasteiger partial charge in [-0.1, -0.05) is 83.8 Å². The lowest BCUT2D eigenvalue weighted by Crippen LogP contribution is -2.53. The van der Waals surface area contributed by atoms with Gasteiger partial charge in [0.15, 0.2) is 0 Å². The van der Waals surface area contributed by atoms with E-state index < -0.39 is 28.5 Å². The molecule has 7 nitrogen and oxygen atoms in total. The molecule has 0 heterocycles. The number of halogens is 2. The van der Waals surface area contributed by atoms with Gasteiger partial charge in [0.25, 0.3) is 0 Å². The van der Waals surface area contributed by atoms with Crippen LogP contribution >= 0.6 is 27.5 Å². The topological polar surface area (TPSA) is 86.8 Å². The van der Waals surface area contributed by atoms with Crippen molar-refractivity contribution in [3.05, 3.63) is 99.0 Å². The molecule has 0 aliphatic heterocycles. The van der Waals surface area contributed by atoms with Gasteiger partial charge in [-0.3, -0.25) is 13.9 Å². The minimum atomic E-state index is -3.83. The Morgan fingerprint density at radius 2 is 1.65 bits per heavy atom. The summed E-state index contributed by atoms with van der Waals surface area (Å²) < 4.78 is 27.7. The van der Waals surface area contributed by atoms with E-state index in [4.69, 9.17) is 11.6 Å². The van der Waals surface area contributed by atoms with E-state index in [-0.39, 0.29) is 24.8 Å². The highest BCUT2D eigenvalue weighted by molar-refractivity contribution is 9.10. The number of anilines is 1. The Balaban J connectivity index is 2.06. The summed E-state index contributed by atoms with van der Waals surface area (Å²) in [5.74, 6) is -0.607. The van der Waals surface area contributed by atoms with Crippen molar-refractivity contribution >= 4 is 55.1 Å². The van der Waals surface area contributed by atoms with Crippen molar-refractivity contribution in [2.75, 3.05) is 23.7 Å². The van der Waals surface area contributed by atoms with Crippen LogP contribution in [0.25, 0.3) is 0 Å². The summed E-state index contributed by atoms with van der Waals surface area (Å²) in [6.45, 7) is 5.87. The molecule has 214 valence electrons. The number of rotatable bonds is 12. The zero-order valence-electron chi connectivity index (χ0n) is 23.1. The van der Waals surface area contributed by atoms with Crippen molar-refractivity contribution in [1.82, 2.24) is 10.2 Å². The van der Waals surface area contributed by atoms with Crippen molar-refractivity contribution < 1.29 is 18.0 Å². The van der Waals surface area contributed by atoms with Crippen LogP contribution in [-0.4, -0.2) is 50.5 Å². The van der Waals surface area contributed by atoms with E-state index in [1.807, 2.05) is 57.2 Å². The van der Waals surface area contributed by atoms with Gasteiger partial charge in [-0.2, -0.15) is 0 Å². The van der Waals surface area contributed by atoms with Crippen LogP contribution in [0.4, 0.5) is 5.69 Å². The molecule has 2 amide bonds. The number of carbonyl (C=O) groups excluding carboxylic acids is 2. The Bertz CT molecular complexity index is 1430. The molecule has 1 atom stereocenters. The lowest BCUT2D eigenvalue weighted by molar-refractivity contribution is -0.140. The summed E-state index contributed by atoms with van der Waals surface area (Å²) >= 11 is 9.68. The van der Waals surface area contributed by atoms with Crippen molar-refractivity contribution in [2.24, 2.45) is 5.92 Å². The lowest BCUT2D eigenvalue weighted by Gasteiger charge is -2.33. The molecule has 0 saturated carbocycles.